The van der Waals surface area contributed by atoms with Crippen molar-refractivity contribution >= 4 is 40.7 Å². The fourth-order valence-corrected chi connectivity index (χ4v) is 6.87. The molecule has 6 rings (SSSR count). The van der Waals surface area contributed by atoms with Gasteiger partial charge in [-0.2, -0.15) is 0 Å². The van der Waals surface area contributed by atoms with E-state index >= 15 is 0 Å². The number of aliphatic hydroxyl groups is 1. The fourth-order valence-electron chi connectivity index (χ4n) is 6.75. The van der Waals surface area contributed by atoms with Crippen LogP contribution in [0.1, 0.15) is 13.8 Å². The first-order valence-electron chi connectivity index (χ1n) is 13.7. The highest BCUT2D eigenvalue weighted by atomic mass is 35.5. The number of rotatable bonds is 5. The number of aliphatic hydroxyl groups excluding tert-OH is 1. The third-order valence-corrected chi connectivity index (χ3v) is 8.87. The van der Waals surface area contributed by atoms with Crippen LogP contribution in [0, 0.1) is 17.8 Å². The van der Waals surface area contributed by atoms with Crippen molar-refractivity contribution in [3.05, 3.63) is 83.9 Å². The Balaban J connectivity index is 1.48. The lowest BCUT2D eigenvalue weighted by Crippen LogP contribution is -2.59. The van der Waals surface area contributed by atoms with Crippen LogP contribution in [0.25, 0.3) is 0 Å². The van der Waals surface area contributed by atoms with Crippen molar-refractivity contribution in [3.63, 3.8) is 0 Å². The van der Waals surface area contributed by atoms with Gasteiger partial charge in [0.15, 0.2) is 0 Å². The van der Waals surface area contributed by atoms with E-state index in [9.17, 15) is 19.5 Å². The smallest absolute Gasteiger partial charge is 0.253 e. The largest absolute Gasteiger partial charge is 0.394 e. The molecule has 2 aromatic rings. The first-order chi connectivity index (χ1) is 19.3. The molecule has 2 fully saturated rings. The maximum absolute atomic E-state index is 14.5. The minimum absolute atomic E-state index is 0.143. The number of carbonyl (C=O) groups is 3. The lowest BCUT2D eigenvalue weighted by molar-refractivity contribution is -0.145. The zero-order valence-corrected chi connectivity index (χ0v) is 23.1. The van der Waals surface area contributed by atoms with Gasteiger partial charge in [-0.05, 0) is 42.3 Å². The van der Waals surface area contributed by atoms with Gasteiger partial charge in [-0.25, -0.2) is 0 Å². The van der Waals surface area contributed by atoms with Crippen LogP contribution < -0.4 is 9.80 Å². The molecular formula is C31H32ClN3O5. The van der Waals surface area contributed by atoms with Crippen LogP contribution in [-0.4, -0.2) is 71.2 Å². The van der Waals surface area contributed by atoms with Crippen molar-refractivity contribution < 1.29 is 24.2 Å². The summed E-state index contributed by atoms with van der Waals surface area (Å²) in [6.07, 6.45) is 6.71. The maximum atomic E-state index is 14.5. The van der Waals surface area contributed by atoms with Crippen LogP contribution in [-0.2, 0) is 19.1 Å². The van der Waals surface area contributed by atoms with Gasteiger partial charge in [-0.3, -0.25) is 14.4 Å². The van der Waals surface area contributed by atoms with Gasteiger partial charge in [0.1, 0.15) is 11.6 Å². The Labute approximate surface area is 238 Å². The number of hydrogen-bond acceptors (Lipinski definition) is 5. The molecule has 208 valence electrons. The fraction of sp³-hybridized carbons (Fsp3) is 0.387. The Kier molecular flexibility index (Phi) is 6.81. The summed E-state index contributed by atoms with van der Waals surface area (Å²) in [6.45, 7) is 4.10. The lowest BCUT2D eigenvalue weighted by Gasteiger charge is -2.39. The van der Waals surface area contributed by atoms with Crippen molar-refractivity contribution in [2.24, 2.45) is 17.8 Å². The molecule has 2 aromatic carbocycles. The molecule has 9 heteroatoms. The van der Waals surface area contributed by atoms with E-state index in [1.54, 1.807) is 34.1 Å². The zero-order chi connectivity index (χ0) is 28.2. The minimum atomic E-state index is -1.37. The molecule has 4 heterocycles. The van der Waals surface area contributed by atoms with Crippen LogP contribution in [0.3, 0.4) is 0 Å². The zero-order valence-electron chi connectivity index (χ0n) is 22.4. The average Bonchev–Trinajstić information content (AvgIpc) is 3.25. The molecule has 3 amide bonds. The topological polar surface area (TPSA) is 90.4 Å². The Morgan fingerprint density at radius 1 is 0.925 bits per heavy atom. The number of para-hydroxylation sites is 1. The summed E-state index contributed by atoms with van der Waals surface area (Å²) in [4.78, 5) is 47.9. The number of hydrogen-bond donors (Lipinski definition) is 1. The molecule has 1 spiro atoms. The highest BCUT2D eigenvalue weighted by molar-refractivity contribution is 6.30. The summed E-state index contributed by atoms with van der Waals surface area (Å²) in [5.74, 6) is -2.79. The minimum Gasteiger partial charge on any atom is -0.394 e. The molecule has 0 saturated carbocycles. The van der Waals surface area contributed by atoms with Crippen LogP contribution in [0.15, 0.2) is 78.9 Å². The number of carbonyl (C=O) groups excluding carboxylic acids is 3. The lowest BCUT2D eigenvalue weighted by atomic mass is 9.77. The number of ether oxygens (including phenoxy) is 1. The third kappa shape index (κ3) is 4.00. The van der Waals surface area contributed by atoms with Crippen LogP contribution >= 0.6 is 11.6 Å². The summed E-state index contributed by atoms with van der Waals surface area (Å²) in [5, 5.41) is 11.0. The number of likely N-dealkylation sites (tertiary alicyclic amines) is 1. The Bertz CT molecular complexity index is 1380. The number of anilines is 2. The SMILES string of the molecule is CC(C)[C@H](CO)N1C(=O)[C@@H]2[C@H]3C(=O)N(c4ccccc4)CC=C[C@H]3O[C@@]23C=CCN(c2ccc(Cl)cc2)C(=O)C13. The van der Waals surface area contributed by atoms with Crippen molar-refractivity contribution in [2.45, 2.75) is 37.6 Å². The van der Waals surface area contributed by atoms with Crippen LogP contribution in [0.5, 0.6) is 0 Å². The van der Waals surface area contributed by atoms with Crippen molar-refractivity contribution in [2.75, 3.05) is 29.5 Å². The number of benzene rings is 2. The standard InChI is InChI=1S/C31H32ClN3O5/c1-19(2)23(18-36)35-27-30(39)34(22-13-11-20(32)12-14-22)17-7-15-31(27)26(29(35)38)25-24(40-31)10-6-16-33(28(25)37)21-8-4-3-5-9-21/h3-15,19,23-27,36H,16-18H2,1-2H3/t23-,24+,25-,26-,27?,31-/m0/s1. The number of fused-ring (bicyclic) bond motifs is 2. The Morgan fingerprint density at radius 2 is 1.57 bits per heavy atom. The molecule has 4 aliphatic heterocycles. The number of nitrogens with zero attached hydrogens (tertiary/aromatic N) is 3. The third-order valence-electron chi connectivity index (χ3n) is 8.62. The summed E-state index contributed by atoms with van der Waals surface area (Å²) in [6, 6.07) is 14.6. The maximum Gasteiger partial charge on any atom is 0.253 e. The molecule has 6 atom stereocenters. The van der Waals surface area contributed by atoms with E-state index in [2.05, 4.69) is 0 Å². The molecule has 0 bridgehead atoms. The van der Waals surface area contributed by atoms with Gasteiger partial charge in [0.25, 0.3) is 5.91 Å². The molecule has 1 unspecified atom stereocenters. The van der Waals surface area contributed by atoms with Crippen LogP contribution in [0.4, 0.5) is 11.4 Å². The van der Waals surface area contributed by atoms with E-state index in [4.69, 9.17) is 16.3 Å². The molecule has 8 nitrogen and oxygen atoms in total. The predicted octanol–water partition coefficient (Wildman–Crippen LogP) is 3.44. The van der Waals surface area contributed by atoms with Gasteiger partial charge in [-0.15, -0.1) is 0 Å². The summed E-state index contributed by atoms with van der Waals surface area (Å²) >= 11 is 6.11. The molecule has 40 heavy (non-hydrogen) atoms. The van der Waals surface area contributed by atoms with E-state index < -0.39 is 35.6 Å². The second-order valence-electron chi connectivity index (χ2n) is 11.1. The second kappa shape index (κ2) is 10.2. The van der Waals surface area contributed by atoms with Gasteiger partial charge in [0, 0.05) is 29.5 Å². The van der Waals surface area contributed by atoms with Gasteiger partial charge in [0.05, 0.1) is 30.6 Å². The van der Waals surface area contributed by atoms with E-state index in [1.165, 1.54) is 4.90 Å². The monoisotopic (exact) mass is 561 g/mol. The molecule has 0 radical (unpaired) electrons. The van der Waals surface area contributed by atoms with E-state index in [0.717, 1.165) is 5.69 Å². The van der Waals surface area contributed by atoms with E-state index in [1.807, 2.05) is 68.5 Å². The number of amides is 3. The Hall–Kier alpha value is -3.46. The van der Waals surface area contributed by atoms with Crippen molar-refractivity contribution in [3.8, 4) is 0 Å². The quantitative estimate of drug-likeness (QED) is 0.565. The molecule has 0 aromatic heterocycles. The Morgan fingerprint density at radius 3 is 2.25 bits per heavy atom. The van der Waals surface area contributed by atoms with Crippen molar-refractivity contribution in [1.82, 2.24) is 4.90 Å². The molecule has 4 aliphatic rings. The molecule has 0 aliphatic carbocycles. The second-order valence-corrected chi connectivity index (χ2v) is 11.6. The highest BCUT2D eigenvalue weighted by Gasteiger charge is 2.72. The summed E-state index contributed by atoms with van der Waals surface area (Å²) < 4.78 is 6.71. The van der Waals surface area contributed by atoms with Gasteiger partial charge < -0.3 is 24.5 Å². The first kappa shape index (κ1) is 26.7. The van der Waals surface area contributed by atoms with Gasteiger partial charge in [-0.1, -0.05) is 68.0 Å². The number of halogens is 1. The van der Waals surface area contributed by atoms with Crippen LogP contribution in [0.2, 0.25) is 5.02 Å². The van der Waals surface area contributed by atoms with Gasteiger partial charge >= 0.3 is 0 Å². The molecule has 2 saturated heterocycles. The van der Waals surface area contributed by atoms with Crippen molar-refractivity contribution in [1.29, 1.82) is 0 Å². The summed E-state index contributed by atoms with van der Waals surface area (Å²) in [7, 11) is 0. The average molecular weight is 562 g/mol. The first-order valence-corrected chi connectivity index (χ1v) is 14.0. The molecular weight excluding hydrogens is 530 g/mol. The predicted molar refractivity (Wildman–Crippen MR) is 152 cm³/mol. The van der Waals surface area contributed by atoms with E-state index in [0.29, 0.717) is 17.3 Å². The van der Waals surface area contributed by atoms with E-state index in [-0.39, 0.29) is 36.8 Å². The summed E-state index contributed by atoms with van der Waals surface area (Å²) in [5.41, 5.74) is -0.00272. The highest BCUT2D eigenvalue weighted by Crippen LogP contribution is 2.54. The molecule has 1 N–H and O–H groups in total. The van der Waals surface area contributed by atoms with Gasteiger partial charge in [0.2, 0.25) is 11.8 Å². The normalized spacial score (nSPS) is 30.3.